The molecule has 70 valence electrons. The van der Waals surface area contributed by atoms with E-state index in [2.05, 4.69) is 6.08 Å². The van der Waals surface area contributed by atoms with E-state index in [0.717, 1.165) is 26.1 Å². The molecule has 1 unspecified atom stereocenters. The van der Waals surface area contributed by atoms with Gasteiger partial charge in [0.2, 0.25) is 0 Å². The van der Waals surface area contributed by atoms with Crippen LogP contribution in [0.25, 0.3) is 0 Å². The predicted octanol–water partition coefficient (Wildman–Crippen LogP) is 1.85. The van der Waals surface area contributed by atoms with Gasteiger partial charge in [-0.25, -0.2) is 0 Å². The highest BCUT2D eigenvalue weighted by molar-refractivity contribution is 5.12. The number of allylic oxidation sites excluding steroid dienone is 1. The average molecular weight is 169 g/mol. The molecule has 0 aliphatic heterocycles. The summed E-state index contributed by atoms with van der Waals surface area (Å²) >= 11 is 0. The molecular weight excluding hydrogens is 150 g/mol. The number of hydrogen-bond donors (Lipinski definition) is 1. The summed E-state index contributed by atoms with van der Waals surface area (Å²) in [4.78, 5) is 0. The first-order valence-electron chi connectivity index (χ1n) is 4.86. The molecule has 0 radical (unpaired) electrons. The Labute approximate surface area is 74.8 Å². The molecule has 1 aliphatic rings. The Morgan fingerprint density at radius 2 is 2.50 bits per heavy atom. The minimum absolute atomic E-state index is 0.326. The third-order valence-corrected chi connectivity index (χ3v) is 2.24. The fraction of sp³-hybridized carbons (Fsp3) is 0.800. The summed E-state index contributed by atoms with van der Waals surface area (Å²) in [5.74, 6) is 0. The van der Waals surface area contributed by atoms with Crippen LogP contribution in [0, 0.1) is 0 Å². The maximum absolute atomic E-state index is 5.75. The normalized spacial score (nSPS) is 22.8. The minimum atomic E-state index is 0.326. The van der Waals surface area contributed by atoms with E-state index in [-0.39, 0.29) is 0 Å². The van der Waals surface area contributed by atoms with Gasteiger partial charge in [-0.3, -0.25) is 0 Å². The Morgan fingerprint density at radius 3 is 3.08 bits per heavy atom. The standard InChI is InChI=1S/C10H19NO/c1-2-12-7-3-4-9-5-6-10(11)8-9/h8,10H,2-7,11H2,1H3. The van der Waals surface area contributed by atoms with Crippen LogP contribution in [0.5, 0.6) is 0 Å². The first kappa shape index (κ1) is 9.75. The van der Waals surface area contributed by atoms with Gasteiger partial charge in [0.1, 0.15) is 0 Å². The molecule has 0 aromatic rings. The van der Waals surface area contributed by atoms with Gasteiger partial charge in [0.25, 0.3) is 0 Å². The Morgan fingerprint density at radius 1 is 1.67 bits per heavy atom. The summed E-state index contributed by atoms with van der Waals surface area (Å²) in [5, 5.41) is 0. The maximum atomic E-state index is 5.75. The highest BCUT2D eigenvalue weighted by Gasteiger charge is 2.10. The second-order valence-electron chi connectivity index (χ2n) is 3.33. The highest BCUT2D eigenvalue weighted by Crippen LogP contribution is 2.20. The molecule has 0 amide bonds. The molecule has 1 atom stereocenters. The molecule has 2 heteroatoms. The summed E-state index contributed by atoms with van der Waals surface area (Å²) in [5.41, 5.74) is 7.28. The van der Waals surface area contributed by atoms with E-state index in [4.69, 9.17) is 10.5 Å². The highest BCUT2D eigenvalue weighted by atomic mass is 16.5. The van der Waals surface area contributed by atoms with Gasteiger partial charge in [-0.1, -0.05) is 11.6 Å². The summed E-state index contributed by atoms with van der Waals surface area (Å²) in [7, 11) is 0. The van der Waals surface area contributed by atoms with Crippen LogP contribution in [0.3, 0.4) is 0 Å². The van der Waals surface area contributed by atoms with Gasteiger partial charge in [0.05, 0.1) is 0 Å². The number of rotatable bonds is 5. The summed E-state index contributed by atoms with van der Waals surface area (Å²) < 4.78 is 5.26. The van der Waals surface area contributed by atoms with Crippen molar-refractivity contribution in [3.8, 4) is 0 Å². The lowest BCUT2D eigenvalue weighted by Crippen LogP contribution is -2.11. The van der Waals surface area contributed by atoms with E-state index in [1.807, 2.05) is 6.92 Å². The van der Waals surface area contributed by atoms with Crippen molar-refractivity contribution in [1.29, 1.82) is 0 Å². The van der Waals surface area contributed by atoms with Gasteiger partial charge in [-0.15, -0.1) is 0 Å². The van der Waals surface area contributed by atoms with Crippen LogP contribution in [0.15, 0.2) is 11.6 Å². The van der Waals surface area contributed by atoms with Crippen molar-refractivity contribution >= 4 is 0 Å². The monoisotopic (exact) mass is 169 g/mol. The van der Waals surface area contributed by atoms with Crippen LogP contribution >= 0.6 is 0 Å². The zero-order valence-electron chi connectivity index (χ0n) is 7.88. The van der Waals surface area contributed by atoms with Crippen LogP contribution in [-0.4, -0.2) is 19.3 Å². The second kappa shape index (κ2) is 5.33. The van der Waals surface area contributed by atoms with Gasteiger partial charge < -0.3 is 10.5 Å². The molecule has 12 heavy (non-hydrogen) atoms. The molecule has 0 aromatic carbocycles. The SMILES string of the molecule is CCOCCCC1=CC(N)CC1. The topological polar surface area (TPSA) is 35.2 Å². The van der Waals surface area contributed by atoms with E-state index in [1.54, 1.807) is 0 Å². The number of ether oxygens (including phenoxy) is 1. The molecular formula is C10H19NO. The van der Waals surface area contributed by atoms with E-state index in [0.29, 0.717) is 6.04 Å². The van der Waals surface area contributed by atoms with Gasteiger partial charge in [0, 0.05) is 19.3 Å². The quantitative estimate of drug-likeness (QED) is 0.503. The smallest absolute Gasteiger partial charge is 0.0468 e. The van der Waals surface area contributed by atoms with Crippen LogP contribution in [0.2, 0.25) is 0 Å². The molecule has 0 heterocycles. The molecule has 0 saturated heterocycles. The van der Waals surface area contributed by atoms with Crippen molar-refractivity contribution < 1.29 is 4.74 Å². The van der Waals surface area contributed by atoms with E-state index < -0.39 is 0 Å². The van der Waals surface area contributed by atoms with Crippen molar-refractivity contribution in [2.45, 2.75) is 38.6 Å². The fourth-order valence-corrected chi connectivity index (χ4v) is 1.58. The van der Waals surface area contributed by atoms with Crippen LogP contribution in [0.1, 0.15) is 32.6 Å². The number of nitrogens with two attached hydrogens (primary N) is 1. The molecule has 1 rings (SSSR count). The summed E-state index contributed by atoms with van der Waals surface area (Å²) in [6, 6.07) is 0.326. The Bertz CT molecular complexity index is 154. The van der Waals surface area contributed by atoms with Crippen molar-refractivity contribution in [2.24, 2.45) is 5.73 Å². The van der Waals surface area contributed by atoms with Crippen molar-refractivity contribution in [3.05, 3.63) is 11.6 Å². The summed E-state index contributed by atoms with van der Waals surface area (Å²) in [6.45, 7) is 3.76. The lowest BCUT2D eigenvalue weighted by atomic mass is 10.1. The first-order chi connectivity index (χ1) is 5.83. The molecule has 2 nitrogen and oxygen atoms in total. The van der Waals surface area contributed by atoms with E-state index >= 15 is 0 Å². The molecule has 0 saturated carbocycles. The molecule has 0 fully saturated rings. The van der Waals surface area contributed by atoms with Gasteiger partial charge >= 0.3 is 0 Å². The average Bonchev–Trinajstić information content (AvgIpc) is 2.45. The van der Waals surface area contributed by atoms with Gasteiger partial charge in [-0.2, -0.15) is 0 Å². The lowest BCUT2D eigenvalue weighted by Gasteiger charge is -2.01. The summed E-state index contributed by atoms with van der Waals surface area (Å²) in [6.07, 6.45) is 6.88. The fourth-order valence-electron chi connectivity index (χ4n) is 1.58. The Hall–Kier alpha value is -0.340. The third kappa shape index (κ3) is 3.37. The van der Waals surface area contributed by atoms with Gasteiger partial charge in [0.15, 0.2) is 0 Å². The number of hydrogen-bond acceptors (Lipinski definition) is 2. The predicted molar refractivity (Wildman–Crippen MR) is 51.0 cm³/mol. The third-order valence-electron chi connectivity index (χ3n) is 2.24. The molecule has 0 spiro atoms. The molecule has 0 bridgehead atoms. The largest absolute Gasteiger partial charge is 0.382 e. The Kier molecular flexibility index (Phi) is 4.33. The van der Waals surface area contributed by atoms with Crippen LogP contribution < -0.4 is 5.73 Å². The van der Waals surface area contributed by atoms with E-state index in [1.165, 1.54) is 18.4 Å². The van der Waals surface area contributed by atoms with Crippen LogP contribution in [-0.2, 0) is 4.74 Å². The molecule has 2 N–H and O–H groups in total. The Balaban J connectivity index is 2.03. The lowest BCUT2D eigenvalue weighted by molar-refractivity contribution is 0.145. The van der Waals surface area contributed by atoms with Crippen molar-refractivity contribution in [1.82, 2.24) is 0 Å². The minimum Gasteiger partial charge on any atom is -0.382 e. The molecule has 1 aliphatic carbocycles. The van der Waals surface area contributed by atoms with Gasteiger partial charge in [-0.05, 0) is 32.6 Å². The van der Waals surface area contributed by atoms with Crippen LogP contribution in [0.4, 0.5) is 0 Å². The molecule has 0 aromatic heterocycles. The second-order valence-corrected chi connectivity index (χ2v) is 3.33. The van der Waals surface area contributed by atoms with Crippen molar-refractivity contribution in [3.63, 3.8) is 0 Å². The zero-order valence-corrected chi connectivity index (χ0v) is 7.88. The van der Waals surface area contributed by atoms with E-state index in [9.17, 15) is 0 Å². The first-order valence-corrected chi connectivity index (χ1v) is 4.86. The van der Waals surface area contributed by atoms with Crippen molar-refractivity contribution in [2.75, 3.05) is 13.2 Å². The maximum Gasteiger partial charge on any atom is 0.0468 e. The zero-order chi connectivity index (χ0) is 8.81.